The van der Waals surface area contributed by atoms with Crippen LogP contribution in [0.1, 0.15) is 19.3 Å². The summed E-state index contributed by atoms with van der Waals surface area (Å²) in [4.78, 5) is 27.3. The molecular formula is C16H16N2O3. The number of carbonyl (C=O) groups excluding carboxylic acids is 1. The molecule has 108 valence electrons. The van der Waals surface area contributed by atoms with Crippen molar-refractivity contribution in [1.82, 2.24) is 4.98 Å². The average Bonchev–Trinajstić information content (AvgIpc) is 2.98. The molecule has 1 aliphatic carbocycles. The molecular weight excluding hydrogens is 268 g/mol. The number of carboxylic acids is 1. The second kappa shape index (κ2) is 5.52. The Morgan fingerprint density at radius 2 is 2.00 bits per heavy atom. The van der Waals surface area contributed by atoms with Crippen molar-refractivity contribution in [1.29, 1.82) is 0 Å². The van der Waals surface area contributed by atoms with Crippen LogP contribution in [0.25, 0.3) is 10.8 Å². The molecule has 2 aromatic rings. The molecule has 1 aromatic carbocycles. The number of carboxylic acid groups (broad SMARTS) is 1. The highest BCUT2D eigenvalue weighted by Gasteiger charge is 2.33. The van der Waals surface area contributed by atoms with Crippen molar-refractivity contribution in [3.05, 3.63) is 36.7 Å². The monoisotopic (exact) mass is 284 g/mol. The number of anilines is 1. The highest BCUT2D eigenvalue weighted by molar-refractivity contribution is 6.02. The van der Waals surface area contributed by atoms with Crippen LogP contribution in [0.4, 0.5) is 5.69 Å². The minimum atomic E-state index is -0.804. The van der Waals surface area contributed by atoms with E-state index in [0.717, 1.165) is 16.5 Å². The number of amides is 1. The van der Waals surface area contributed by atoms with Crippen LogP contribution in [0.15, 0.2) is 36.7 Å². The number of rotatable bonds is 3. The zero-order valence-corrected chi connectivity index (χ0v) is 11.5. The predicted octanol–water partition coefficient (Wildman–Crippen LogP) is 2.67. The van der Waals surface area contributed by atoms with Gasteiger partial charge in [0.2, 0.25) is 5.91 Å². The van der Waals surface area contributed by atoms with Crippen LogP contribution in [-0.2, 0) is 9.59 Å². The van der Waals surface area contributed by atoms with Gasteiger partial charge in [0.25, 0.3) is 0 Å². The highest BCUT2D eigenvalue weighted by Crippen LogP contribution is 2.32. The number of nitrogens with zero attached hydrogens (tertiary/aromatic N) is 1. The molecule has 5 nitrogen and oxygen atoms in total. The molecule has 0 spiro atoms. The molecule has 0 bridgehead atoms. The van der Waals surface area contributed by atoms with E-state index in [0.29, 0.717) is 19.3 Å². The number of pyridine rings is 1. The second-order valence-corrected chi connectivity index (χ2v) is 5.44. The van der Waals surface area contributed by atoms with Crippen molar-refractivity contribution in [3.8, 4) is 0 Å². The van der Waals surface area contributed by atoms with Crippen molar-refractivity contribution in [2.24, 2.45) is 11.8 Å². The summed E-state index contributed by atoms with van der Waals surface area (Å²) < 4.78 is 0. The molecule has 1 saturated carbocycles. The maximum absolute atomic E-state index is 12.3. The number of hydrogen-bond acceptors (Lipinski definition) is 3. The Morgan fingerprint density at radius 3 is 2.76 bits per heavy atom. The molecule has 2 N–H and O–H groups in total. The van der Waals surface area contributed by atoms with E-state index in [1.54, 1.807) is 12.4 Å². The van der Waals surface area contributed by atoms with Crippen LogP contribution in [-0.4, -0.2) is 22.0 Å². The Kier molecular flexibility index (Phi) is 3.56. The fourth-order valence-corrected chi connectivity index (χ4v) is 2.91. The Morgan fingerprint density at radius 1 is 1.19 bits per heavy atom. The fourth-order valence-electron chi connectivity index (χ4n) is 2.91. The minimum absolute atomic E-state index is 0.0944. The number of benzene rings is 1. The first kappa shape index (κ1) is 13.5. The number of nitrogens with one attached hydrogen (secondary N) is 1. The van der Waals surface area contributed by atoms with Gasteiger partial charge in [0.1, 0.15) is 0 Å². The Labute approximate surface area is 122 Å². The Hall–Kier alpha value is -2.43. The molecule has 1 aromatic heterocycles. The SMILES string of the molecule is O=C(O)[C@H]1CC[C@@H](C(=O)Nc2cccc3cnccc23)C1. The predicted molar refractivity (Wildman–Crippen MR) is 78.8 cm³/mol. The van der Waals surface area contributed by atoms with Gasteiger partial charge in [0.15, 0.2) is 0 Å². The molecule has 1 aliphatic rings. The maximum Gasteiger partial charge on any atom is 0.306 e. The van der Waals surface area contributed by atoms with E-state index in [-0.39, 0.29) is 11.8 Å². The lowest BCUT2D eigenvalue weighted by Gasteiger charge is -2.12. The van der Waals surface area contributed by atoms with Crippen molar-refractivity contribution in [2.75, 3.05) is 5.32 Å². The van der Waals surface area contributed by atoms with E-state index in [4.69, 9.17) is 5.11 Å². The van der Waals surface area contributed by atoms with E-state index in [2.05, 4.69) is 10.3 Å². The summed E-state index contributed by atoms with van der Waals surface area (Å²) in [5.41, 5.74) is 0.749. The lowest BCUT2D eigenvalue weighted by atomic mass is 10.0. The number of aromatic nitrogens is 1. The summed E-state index contributed by atoms with van der Waals surface area (Å²) in [6, 6.07) is 7.52. The molecule has 0 radical (unpaired) electrons. The lowest BCUT2D eigenvalue weighted by molar-refractivity contribution is -0.141. The van der Waals surface area contributed by atoms with Gasteiger partial charge >= 0.3 is 5.97 Å². The van der Waals surface area contributed by atoms with Gasteiger partial charge in [-0.05, 0) is 31.4 Å². The quantitative estimate of drug-likeness (QED) is 0.908. The molecule has 0 saturated heterocycles. The second-order valence-electron chi connectivity index (χ2n) is 5.44. The molecule has 5 heteroatoms. The van der Waals surface area contributed by atoms with E-state index in [1.807, 2.05) is 24.3 Å². The van der Waals surface area contributed by atoms with Crippen molar-refractivity contribution in [2.45, 2.75) is 19.3 Å². The number of fused-ring (bicyclic) bond motifs is 1. The summed E-state index contributed by atoms with van der Waals surface area (Å²) in [5, 5.41) is 13.8. The smallest absolute Gasteiger partial charge is 0.306 e. The molecule has 3 rings (SSSR count). The van der Waals surface area contributed by atoms with Gasteiger partial charge in [-0.3, -0.25) is 14.6 Å². The average molecular weight is 284 g/mol. The third-order valence-corrected chi connectivity index (χ3v) is 4.09. The van der Waals surface area contributed by atoms with Gasteiger partial charge < -0.3 is 10.4 Å². The third kappa shape index (κ3) is 2.72. The summed E-state index contributed by atoms with van der Waals surface area (Å²) in [5.74, 6) is -1.51. The molecule has 0 aliphatic heterocycles. The first-order valence-corrected chi connectivity index (χ1v) is 7.01. The summed E-state index contributed by atoms with van der Waals surface area (Å²) >= 11 is 0. The fraction of sp³-hybridized carbons (Fsp3) is 0.312. The van der Waals surface area contributed by atoms with E-state index in [9.17, 15) is 9.59 Å². The van der Waals surface area contributed by atoms with E-state index < -0.39 is 11.9 Å². The molecule has 1 amide bonds. The van der Waals surface area contributed by atoms with Crippen LogP contribution in [0.5, 0.6) is 0 Å². The molecule has 0 unspecified atom stereocenters. The summed E-state index contributed by atoms with van der Waals surface area (Å²) in [7, 11) is 0. The molecule has 21 heavy (non-hydrogen) atoms. The summed E-state index contributed by atoms with van der Waals surface area (Å²) in [6.07, 6.45) is 5.07. The van der Waals surface area contributed by atoms with Crippen molar-refractivity contribution in [3.63, 3.8) is 0 Å². The van der Waals surface area contributed by atoms with Gasteiger partial charge in [0.05, 0.1) is 5.92 Å². The van der Waals surface area contributed by atoms with E-state index >= 15 is 0 Å². The maximum atomic E-state index is 12.3. The van der Waals surface area contributed by atoms with Gasteiger partial charge in [-0.1, -0.05) is 12.1 Å². The van der Waals surface area contributed by atoms with Crippen molar-refractivity contribution < 1.29 is 14.7 Å². The normalized spacial score (nSPS) is 21.3. The van der Waals surface area contributed by atoms with Crippen LogP contribution < -0.4 is 5.32 Å². The zero-order chi connectivity index (χ0) is 14.8. The van der Waals surface area contributed by atoms with Crippen LogP contribution in [0.2, 0.25) is 0 Å². The van der Waals surface area contributed by atoms with Crippen LogP contribution in [0, 0.1) is 11.8 Å². The summed E-state index contributed by atoms with van der Waals surface area (Å²) in [6.45, 7) is 0. The lowest BCUT2D eigenvalue weighted by Crippen LogP contribution is -2.21. The zero-order valence-electron chi connectivity index (χ0n) is 11.5. The van der Waals surface area contributed by atoms with Gasteiger partial charge in [-0.15, -0.1) is 0 Å². The van der Waals surface area contributed by atoms with Crippen molar-refractivity contribution >= 4 is 28.3 Å². The topological polar surface area (TPSA) is 79.3 Å². The number of hydrogen-bond donors (Lipinski definition) is 2. The minimum Gasteiger partial charge on any atom is -0.481 e. The van der Waals surface area contributed by atoms with Gasteiger partial charge in [-0.25, -0.2) is 0 Å². The van der Waals surface area contributed by atoms with Gasteiger partial charge in [-0.2, -0.15) is 0 Å². The van der Waals surface area contributed by atoms with E-state index in [1.165, 1.54) is 0 Å². The van der Waals surface area contributed by atoms with Gasteiger partial charge in [0, 0.05) is 34.8 Å². The largest absolute Gasteiger partial charge is 0.481 e. The first-order chi connectivity index (χ1) is 10.1. The molecule has 2 atom stereocenters. The number of carbonyl (C=O) groups is 2. The van der Waals surface area contributed by atoms with Crippen LogP contribution in [0.3, 0.4) is 0 Å². The third-order valence-electron chi connectivity index (χ3n) is 4.09. The Balaban J connectivity index is 1.77. The number of aliphatic carboxylic acids is 1. The molecule has 1 fully saturated rings. The van der Waals surface area contributed by atoms with Crippen LogP contribution >= 0.6 is 0 Å². The standard InChI is InChI=1S/C16H16N2O3/c19-15(10-4-5-11(8-10)16(20)21)18-14-3-1-2-12-9-17-7-6-13(12)14/h1-3,6-7,9-11H,4-5,8H2,(H,18,19)(H,20,21)/t10-,11+/m1/s1. The first-order valence-electron chi connectivity index (χ1n) is 7.01. The molecule has 1 heterocycles. The Bertz CT molecular complexity index is 693. The highest BCUT2D eigenvalue weighted by atomic mass is 16.4.